The zero-order chi connectivity index (χ0) is 19.7. The van der Waals surface area contributed by atoms with E-state index in [1.807, 2.05) is 12.2 Å². The number of anilines is 1. The van der Waals surface area contributed by atoms with E-state index in [2.05, 4.69) is 10.1 Å². The first-order valence-electron chi connectivity index (χ1n) is 8.36. The Morgan fingerprint density at radius 2 is 1.81 bits per heavy atom. The number of ether oxygens (including phenoxy) is 1. The van der Waals surface area contributed by atoms with E-state index in [1.165, 1.54) is 25.1 Å². The lowest BCUT2D eigenvalue weighted by Crippen LogP contribution is -2.46. The number of likely N-dealkylation sites (tertiary alicyclic amines) is 1. The molecule has 1 fully saturated rings. The minimum Gasteiger partial charge on any atom is -0.433 e. The van der Waals surface area contributed by atoms with Crippen LogP contribution in [0.1, 0.15) is 19.8 Å². The summed E-state index contributed by atoms with van der Waals surface area (Å²) in [5.74, 6) is -2.34. The summed E-state index contributed by atoms with van der Waals surface area (Å²) in [7, 11) is 0. The summed E-state index contributed by atoms with van der Waals surface area (Å²) in [6, 6.07) is 2.78. The number of carbonyl (C=O) groups excluding carboxylic acids is 3. The van der Waals surface area contributed by atoms with Crippen molar-refractivity contribution >= 4 is 35.0 Å². The van der Waals surface area contributed by atoms with Crippen molar-refractivity contribution in [1.29, 1.82) is 0 Å². The van der Waals surface area contributed by atoms with E-state index in [1.54, 1.807) is 0 Å². The Kier molecular flexibility index (Phi) is 5.46. The minimum atomic E-state index is -3.02. The van der Waals surface area contributed by atoms with Gasteiger partial charge in [-0.1, -0.05) is 23.8 Å². The third-order valence-corrected chi connectivity index (χ3v) is 5.02. The maximum absolute atomic E-state index is 12.5. The van der Waals surface area contributed by atoms with Gasteiger partial charge in [-0.05, 0) is 38.0 Å². The molecule has 9 heteroatoms. The summed E-state index contributed by atoms with van der Waals surface area (Å²) in [5, 5.41) is 2.43. The molecule has 0 bridgehead atoms. The molecule has 0 saturated carbocycles. The average molecular weight is 399 g/mol. The monoisotopic (exact) mass is 398 g/mol. The van der Waals surface area contributed by atoms with Crippen LogP contribution in [-0.2, 0) is 14.4 Å². The van der Waals surface area contributed by atoms with Gasteiger partial charge in [0, 0.05) is 5.69 Å². The number of rotatable bonds is 5. The van der Waals surface area contributed by atoms with Crippen molar-refractivity contribution in [3.63, 3.8) is 0 Å². The second-order valence-electron chi connectivity index (χ2n) is 6.39. The van der Waals surface area contributed by atoms with Gasteiger partial charge in [-0.2, -0.15) is 8.78 Å². The number of nitrogens with zero attached hydrogens (tertiary/aromatic N) is 1. The van der Waals surface area contributed by atoms with E-state index in [4.69, 9.17) is 11.6 Å². The molecule has 3 rings (SSSR count). The molecule has 3 atom stereocenters. The number of halogens is 3. The van der Waals surface area contributed by atoms with E-state index in [0.29, 0.717) is 12.8 Å². The highest BCUT2D eigenvalue weighted by Crippen LogP contribution is 2.36. The normalized spacial score (nSPS) is 22.8. The van der Waals surface area contributed by atoms with Gasteiger partial charge in [-0.15, -0.1) is 0 Å². The molecule has 0 radical (unpaired) electrons. The van der Waals surface area contributed by atoms with Gasteiger partial charge in [0.05, 0.1) is 16.9 Å². The van der Waals surface area contributed by atoms with Crippen LogP contribution in [0, 0.1) is 11.8 Å². The van der Waals surface area contributed by atoms with E-state index in [9.17, 15) is 23.2 Å². The molecule has 6 nitrogen and oxygen atoms in total. The summed E-state index contributed by atoms with van der Waals surface area (Å²) in [5.41, 5.74) is 0.233. The minimum absolute atomic E-state index is 0.105. The van der Waals surface area contributed by atoms with Gasteiger partial charge in [0.15, 0.2) is 0 Å². The molecule has 0 spiro atoms. The predicted molar refractivity (Wildman–Crippen MR) is 93.4 cm³/mol. The molecule has 27 heavy (non-hydrogen) atoms. The number of alkyl halides is 2. The first-order chi connectivity index (χ1) is 12.8. The maximum atomic E-state index is 12.5. The van der Waals surface area contributed by atoms with Crippen LogP contribution >= 0.6 is 11.6 Å². The Hall–Kier alpha value is -2.48. The number of hydrogen-bond donors (Lipinski definition) is 1. The quantitative estimate of drug-likeness (QED) is 0.610. The van der Waals surface area contributed by atoms with Crippen molar-refractivity contribution in [2.24, 2.45) is 11.8 Å². The smallest absolute Gasteiger partial charge is 0.387 e. The highest BCUT2D eigenvalue weighted by molar-refractivity contribution is 6.32. The van der Waals surface area contributed by atoms with Crippen LogP contribution in [-0.4, -0.2) is 35.3 Å². The Morgan fingerprint density at radius 1 is 1.22 bits per heavy atom. The standard InChI is InChI=1S/C18H17ClF2N2O4/c1-9(23-16(25)11-4-2-3-5-12(11)17(23)26)15(24)22-10-6-7-14(13(19)8-10)27-18(20)21/h2-3,6-9,11-12,18H,4-5H2,1H3,(H,22,24)/t9-,11+,12+/m0/s1. The highest BCUT2D eigenvalue weighted by atomic mass is 35.5. The van der Waals surface area contributed by atoms with Gasteiger partial charge in [-0.3, -0.25) is 19.3 Å². The number of benzene rings is 1. The summed E-state index contributed by atoms with van der Waals surface area (Å²) >= 11 is 5.86. The Labute approximate surface area is 159 Å². The predicted octanol–water partition coefficient (Wildman–Crippen LogP) is 3.22. The highest BCUT2D eigenvalue weighted by Gasteiger charge is 2.50. The fourth-order valence-corrected chi connectivity index (χ4v) is 3.57. The molecule has 1 aromatic carbocycles. The summed E-state index contributed by atoms with van der Waals surface area (Å²) in [6.07, 6.45) is 4.71. The lowest BCUT2D eigenvalue weighted by Gasteiger charge is -2.22. The van der Waals surface area contributed by atoms with Crippen molar-refractivity contribution in [3.05, 3.63) is 35.4 Å². The van der Waals surface area contributed by atoms with Gasteiger partial charge in [-0.25, -0.2) is 0 Å². The first kappa shape index (κ1) is 19.3. The van der Waals surface area contributed by atoms with Crippen LogP contribution in [0.15, 0.2) is 30.4 Å². The molecular weight excluding hydrogens is 382 g/mol. The molecule has 1 N–H and O–H groups in total. The molecule has 0 aromatic heterocycles. The van der Waals surface area contributed by atoms with Crippen molar-refractivity contribution in [3.8, 4) is 5.75 Å². The molecule has 0 unspecified atom stereocenters. The van der Waals surface area contributed by atoms with Gasteiger partial charge < -0.3 is 10.1 Å². The lowest BCUT2D eigenvalue weighted by atomic mass is 9.85. The van der Waals surface area contributed by atoms with Crippen LogP contribution in [0.3, 0.4) is 0 Å². The van der Waals surface area contributed by atoms with Gasteiger partial charge >= 0.3 is 6.61 Å². The van der Waals surface area contributed by atoms with Crippen molar-refractivity contribution in [1.82, 2.24) is 4.90 Å². The average Bonchev–Trinajstić information content (AvgIpc) is 2.88. The van der Waals surface area contributed by atoms with E-state index >= 15 is 0 Å². The largest absolute Gasteiger partial charge is 0.433 e. The molecule has 144 valence electrons. The van der Waals surface area contributed by atoms with Crippen LogP contribution < -0.4 is 10.1 Å². The van der Waals surface area contributed by atoms with Gasteiger partial charge in [0.1, 0.15) is 11.8 Å². The van der Waals surface area contributed by atoms with Gasteiger partial charge in [0.25, 0.3) is 0 Å². The molecule has 1 aliphatic heterocycles. The topological polar surface area (TPSA) is 75.7 Å². The number of fused-ring (bicyclic) bond motifs is 1. The fourth-order valence-electron chi connectivity index (χ4n) is 3.34. The van der Waals surface area contributed by atoms with E-state index < -0.39 is 30.4 Å². The summed E-state index contributed by atoms with van der Waals surface area (Å²) in [4.78, 5) is 38.6. The summed E-state index contributed by atoms with van der Waals surface area (Å²) in [6.45, 7) is -1.56. The Balaban J connectivity index is 1.70. The third-order valence-electron chi connectivity index (χ3n) is 4.72. The maximum Gasteiger partial charge on any atom is 0.387 e. The SMILES string of the molecule is C[C@@H](C(=O)Nc1ccc(OC(F)F)c(Cl)c1)N1C(=O)[C@@H]2CC=CC[C@H]2C1=O. The molecule has 1 heterocycles. The first-order valence-corrected chi connectivity index (χ1v) is 8.74. The van der Waals surface area contributed by atoms with Crippen LogP contribution in [0.4, 0.5) is 14.5 Å². The third kappa shape index (κ3) is 3.80. The van der Waals surface area contributed by atoms with Crippen LogP contribution in [0.2, 0.25) is 5.02 Å². The van der Waals surface area contributed by atoms with Crippen LogP contribution in [0.5, 0.6) is 5.75 Å². The molecule has 1 aromatic rings. The Morgan fingerprint density at radius 3 is 2.33 bits per heavy atom. The molecule has 1 saturated heterocycles. The second kappa shape index (κ2) is 7.64. The number of amides is 3. The van der Waals surface area contributed by atoms with Crippen molar-refractivity contribution in [2.45, 2.75) is 32.4 Å². The summed E-state index contributed by atoms with van der Waals surface area (Å²) < 4.78 is 28.8. The van der Waals surface area contributed by atoms with E-state index in [0.717, 1.165) is 4.90 Å². The number of carbonyl (C=O) groups is 3. The van der Waals surface area contributed by atoms with Crippen LogP contribution in [0.25, 0.3) is 0 Å². The number of hydrogen-bond acceptors (Lipinski definition) is 4. The fraction of sp³-hybridized carbons (Fsp3) is 0.389. The molecule has 1 aliphatic carbocycles. The van der Waals surface area contributed by atoms with Gasteiger partial charge in [0.2, 0.25) is 17.7 Å². The van der Waals surface area contributed by atoms with Crippen molar-refractivity contribution < 1.29 is 27.9 Å². The number of nitrogens with one attached hydrogen (secondary N) is 1. The second-order valence-corrected chi connectivity index (χ2v) is 6.80. The lowest BCUT2D eigenvalue weighted by molar-refractivity contribution is -0.146. The molecule has 2 aliphatic rings. The Bertz CT molecular complexity index is 789. The number of imide groups is 1. The number of allylic oxidation sites excluding steroid dienone is 2. The van der Waals surface area contributed by atoms with E-state index in [-0.39, 0.29) is 28.3 Å². The zero-order valence-electron chi connectivity index (χ0n) is 14.3. The molecule has 3 amide bonds. The van der Waals surface area contributed by atoms with Crippen molar-refractivity contribution in [2.75, 3.05) is 5.32 Å². The zero-order valence-corrected chi connectivity index (χ0v) is 15.1. The molecular formula is C18H17ClF2N2O4.